The first-order valence-electron chi connectivity index (χ1n) is 7.29. The molecule has 0 saturated carbocycles. The Morgan fingerprint density at radius 3 is 2.61 bits per heavy atom. The number of nitrogens with one attached hydrogen (secondary N) is 1. The summed E-state index contributed by atoms with van der Waals surface area (Å²) in [5, 5.41) is 3.02. The van der Waals surface area contributed by atoms with E-state index in [4.69, 9.17) is 4.74 Å². The van der Waals surface area contributed by atoms with Gasteiger partial charge in [-0.25, -0.2) is 0 Å². The zero-order chi connectivity index (χ0) is 16.6. The predicted molar refractivity (Wildman–Crippen MR) is 86.7 cm³/mol. The topological polar surface area (TPSA) is 76.5 Å². The number of methoxy groups -OCH3 is 1. The number of aromatic nitrogens is 2. The number of rotatable bonds is 2. The van der Waals surface area contributed by atoms with Crippen molar-refractivity contribution in [2.45, 2.75) is 19.5 Å². The summed E-state index contributed by atoms with van der Waals surface area (Å²) in [5.41, 5.74) is 0.953. The molecule has 1 atom stereocenters. The van der Waals surface area contributed by atoms with Crippen molar-refractivity contribution >= 4 is 17.4 Å². The summed E-state index contributed by atoms with van der Waals surface area (Å²) in [7, 11) is 3.05. The van der Waals surface area contributed by atoms with Gasteiger partial charge in [0.05, 0.1) is 19.2 Å². The summed E-state index contributed by atoms with van der Waals surface area (Å²) in [6, 6.07) is 8.99. The minimum Gasteiger partial charge on any atom is -0.468 e. The molecule has 0 spiro atoms. The lowest BCUT2D eigenvalue weighted by molar-refractivity contribution is -0.119. The molecule has 0 saturated heterocycles. The third kappa shape index (κ3) is 2.54. The Morgan fingerprint density at radius 1 is 1.26 bits per heavy atom. The Balaban J connectivity index is 2.14. The molecule has 1 aliphatic heterocycles. The van der Waals surface area contributed by atoms with Crippen LogP contribution in [0.5, 0.6) is 6.01 Å². The number of fused-ring (bicyclic) bond motifs is 1. The van der Waals surface area contributed by atoms with Crippen molar-refractivity contribution in [3.8, 4) is 6.01 Å². The molecular formula is C16H18N4O3. The fourth-order valence-corrected chi connectivity index (χ4v) is 2.64. The maximum Gasteiger partial charge on any atom is 0.300 e. The Bertz CT molecular complexity index is 801. The second-order valence-corrected chi connectivity index (χ2v) is 5.42. The fourth-order valence-electron chi connectivity index (χ4n) is 2.64. The molecule has 0 fully saturated rings. The molecule has 2 aromatic rings. The molecule has 0 radical (unpaired) electrons. The number of amides is 1. The van der Waals surface area contributed by atoms with Gasteiger partial charge in [0.2, 0.25) is 5.91 Å². The van der Waals surface area contributed by atoms with Crippen LogP contribution in [0.3, 0.4) is 0 Å². The lowest BCUT2D eigenvalue weighted by atomic mass is 10.2. The molecule has 1 unspecified atom stereocenters. The monoisotopic (exact) mass is 314 g/mol. The second-order valence-electron chi connectivity index (χ2n) is 5.42. The number of carbonyl (C=O) groups is 1. The van der Waals surface area contributed by atoms with Crippen molar-refractivity contribution in [1.29, 1.82) is 0 Å². The molecular weight excluding hydrogens is 296 g/mol. The van der Waals surface area contributed by atoms with Gasteiger partial charge in [0.25, 0.3) is 5.56 Å². The third-order valence-electron chi connectivity index (χ3n) is 3.90. The molecule has 7 nitrogen and oxygen atoms in total. The molecule has 2 heterocycles. The summed E-state index contributed by atoms with van der Waals surface area (Å²) in [6.07, 6.45) is 0. The Morgan fingerprint density at radius 2 is 1.96 bits per heavy atom. The highest BCUT2D eigenvalue weighted by Gasteiger charge is 2.30. The van der Waals surface area contributed by atoms with Crippen LogP contribution in [0.2, 0.25) is 0 Å². The van der Waals surface area contributed by atoms with E-state index in [-0.39, 0.29) is 24.0 Å². The Labute approximate surface area is 133 Å². The average Bonchev–Trinajstić information content (AvgIpc) is 2.69. The van der Waals surface area contributed by atoms with Crippen LogP contribution >= 0.6 is 0 Å². The van der Waals surface area contributed by atoms with Crippen LogP contribution in [0.4, 0.5) is 11.5 Å². The quantitative estimate of drug-likeness (QED) is 0.899. The number of para-hydroxylation sites is 1. The molecule has 1 N–H and O–H groups in total. The maximum absolute atomic E-state index is 12.7. The van der Waals surface area contributed by atoms with Crippen LogP contribution in [0, 0.1) is 0 Å². The van der Waals surface area contributed by atoms with Gasteiger partial charge in [-0.1, -0.05) is 18.2 Å². The molecule has 0 bridgehead atoms. The van der Waals surface area contributed by atoms with E-state index >= 15 is 0 Å². The first-order valence-corrected chi connectivity index (χ1v) is 7.29. The number of carbonyl (C=O) groups excluding carboxylic acids is 1. The molecule has 0 aliphatic carbocycles. The van der Waals surface area contributed by atoms with Crippen molar-refractivity contribution in [2.24, 2.45) is 7.05 Å². The zero-order valence-electron chi connectivity index (χ0n) is 13.2. The van der Waals surface area contributed by atoms with Crippen molar-refractivity contribution < 1.29 is 9.53 Å². The molecule has 23 heavy (non-hydrogen) atoms. The molecule has 7 heteroatoms. The Hall–Kier alpha value is -2.83. The van der Waals surface area contributed by atoms with E-state index in [1.807, 2.05) is 30.3 Å². The van der Waals surface area contributed by atoms with Crippen LogP contribution in [0.25, 0.3) is 0 Å². The van der Waals surface area contributed by atoms with Gasteiger partial charge in [-0.2, -0.15) is 4.98 Å². The zero-order valence-corrected chi connectivity index (χ0v) is 13.2. The van der Waals surface area contributed by atoms with Crippen LogP contribution < -0.4 is 20.5 Å². The minimum absolute atomic E-state index is 0.116. The van der Waals surface area contributed by atoms with Gasteiger partial charge in [-0.05, 0) is 19.1 Å². The van der Waals surface area contributed by atoms with E-state index in [2.05, 4.69) is 10.3 Å². The van der Waals surface area contributed by atoms with Gasteiger partial charge in [-0.3, -0.25) is 14.2 Å². The van der Waals surface area contributed by atoms with E-state index < -0.39 is 6.04 Å². The average molecular weight is 314 g/mol. The highest BCUT2D eigenvalue weighted by molar-refractivity contribution is 5.99. The second kappa shape index (κ2) is 5.75. The minimum atomic E-state index is -0.499. The smallest absolute Gasteiger partial charge is 0.300 e. The number of hydrogen-bond acceptors (Lipinski definition) is 5. The third-order valence-corrected chi connectivity index (χ3v) is 3.90. The normalized spacial score (nSPS) is 17.3. The summed E-state index contributed by atoms with van der Waals surface area (Å²) in [5.74, 6) is 0.277. The van der Waals surface area contributed by atoms with Crippen LogP contribution in [-0.4, -0.2) is 28.6 Å². The summed E-state index contributed by atoms with van der Waals surface area (Å²) in [6.45, 7) is 1.91. The van der Waals surface area contributed by atoms with Crippen molar-refractivity contribution in [1.82, 2.24) is 9.55 Å². The summed E-state index contributed by atoms with van der Waals surface area (Å²) in [4.78, 5) is 31.2. The van der Waals surface area contributed by atoms with E-state index in [9.17, 15) is 9.59 Å². The molecule has 1 aliphatic rings. The fraction of sp³-hybridized carbons (Fsp3) is 0.312. The van der Waals surface area contributed by atoms with Crippen molar-refractivity contribution in [3.05, 3.63) is 46.2 Å². The molecule has 3 rings (SSSR count). The van der Waals surface area contributed by atoms with E-state index in [1.165, 1.54) is 11.7 Å². The maximum atomic E-state index is 12.7. The van der Waals surface area contributed by atoms with Gasteiger partial charge in [-0.15, -0.1) is 0 Å². The van der Waals surface area contributed by atoms with Gasteiger partial charge in [0.15, 0.2) is 0 Å². The van der Waals surface area contributed by atoms with Crippen molar-refractivity contribution in [3.63, 3.8) is 0 Å². The van der Waals surface area contributed by atoms with Gasteiger partial charge in [0, 0.05) is 12.7 Å². The number of hydrogen-bond donors (Lipinski definition) is 1. The van der Waals surface area contributed by atoms with Crippen LogP contribution in [0.15, 0.2) is 35.1 Å². The van der Waals surface area contributed by atoms with E-state index in [0.717, 1.165) is 5.69 Å². The summed E-state index contributed by atoms with van der Waals surface area (Å²) < 4.78 is 6.46. The molecule has 120 valence electrons. The van der Waals surface area contributed by atoms with E-state index in [1.54, 1.807) is 18.9 Å². The first-order chi connectivity index (χ1) is 11.0. The van der Waals surface area contributed by atoms with Crippen molar-refractivity contribution in [2.75, 3.05) is 17.3 Å². The predicted octanol–water partition coefficient (Wildman–Crippen LogP) is 1.14. The number of ether oxygens (including phenoxy) is 1. The van der Waals surface area contributed by atoms with Crippen LogP contribution in [-0.2, 0) is 18.4 Å². The van der Waals surface area contributed by atoms with Gasteiger partial charge < -0.3 is 15.0 Å². The highest BCUT2D eigenvalue weighted by Crippen LogP contribution is 2.25. The lowest BCUT2D eigenvalue weighted by Gasteiger charge is -2.22. The Kier molecular flexibility index (Phi) is 3.77. The first kappa shape index (κ1) is 15.1. The SMILES string of the molecule is COc1nc2c(c(=O)n1C)CN(c1ccccc1)C(=O)C(C)N2. The largest absolute Gasteiger partial charge is 0.468 e. The van der Waals surface area contributed by atoms with Crippen LogP contribution in [0.1, 0.15) is 12.5 Å². The lowest BCUT2D eigenvalue weighted by Crippen LogP contribution is -2.39. The molecule has 1 amide bonds. The number of benzene rings is 1. The molecule has 1 aromatic carbocycles. The standard InChI is InChI=1S/C16H18N4O3/c1-10-14(21)20(11-7-5-4-6-8-11)9-12-13(17-10)18-16(23-3)19(2)15(12)22/h4-8,10,17H,9H2,1-3H3. The van der Waals surface area contributed by atoms with Gasteiger partial charge >= 0.3 is 6.01 Å². The molecule has 1 aromatic heterocycles. The highest BCUT2D eigenvalue weighted by atomic mass is 16.5. The summed E-state index contributed by atoms with van der Waals surface area (Å²) >= 11 is 0. The van der Waals surface area contributed by atoms with E-state index in [0.29, 0.717) is 11.4 Å². The number of anilines is 2. The number of nitrogens with zero attached hydrogens (tertiary/aromatic N) is 3. The van der Waals surface area contributed by atoms with Gasteiger partial charge in [0.1, 0.15) is 11.9 Å².